The minimum Gasteiger partial charge on any atom is -0.413 e. The highest BCUT2D eigenvalue weighted by molar-refractivity contribution is 7.46. The number of hydrogen-bond donors (Lipinski definition) is 2. The van der Waals surface area contributed by atoms with Crippen LogP contribution in [-0.4, -0.2) is 17.9 Å². The van der Waals surface area contributed by atoms with Crippen LogP contribution in [0, 0.1) is 0 Å². The normalized spacial score (nSPS) is 13.9. The molecule has 11 heavy (non-hydrogen) atoms. The average molecular weight is 196 g/mol. The molecular weight excluding hydrogens is 183 g/mol. The maximum absolute atomic E-state index is 10.2. The molecule has 0 aliphatic carbocycles. The minimum absolute atomic E-state index is 1.09. The molecule has 0 unspecified atom stereocenters. The lowest BCUT2D eigenvalue weighted by molar-refractivity contribution is 0.259. The van der Waals surface area contributed by atoms with Gasteiger partial charge in [-0.3, -0.25) is 9.79 Å². The third-order valence-corrected chi connectivity index (χ3v) is 2.30. The molecule has 2 N–H and O–H groups in total. The van der Waals surface area contributed by atoms with Gasteiger partial charge in [0.05, 0.1) is 14.3 Å². The third kappa shape index (κ3) is 9.91. The quantitative estimate of drug-likeness (QED) is 0.407. The van der Waals surface area contributed by atoms with Gasteiger partial charge < -0.3 is 4.52 Å². The van der Waals surface area contributed by atoms with E-state index in [1.165, 1.54) is 0 Å². The molecule has 0 radical (unpaired) electrons. The van der Waals surface area contributed by atoms with E-state index in [2.05, 4.69) is 4.52 Å². The molecule has 0 aromatic heterocycles. The summed E-state index contributed by atoms with van der Waals surface area (Å²) in [5.41, 5.74) is 1.71. The van der Waals surface area contributed by atoms with Crippen LogP contribution in [0.4, 0.5) is 0 Å². The van der Waals surface area contributed by atoms with Gasteiger partial charge in [-0.15, -0.1) is 0 Å². The monoisotopic (exact) mass is 196 g/mol. The summed E-state index contributed by atoms with van der Waals surface area (Å²) in [5.74, 6) is 0. The van der Waals surface area contributed by atoms with Gasteiger partial charge in [0, 0.05) is 0 Å². The topological polar surface area (TPSA) is 66.8 Å². The van der Waals surface area contributed by atoms with Crippen LogP contribution in [-0.2, 0) is 9.09 Å². The Morgan fingerprint density at radius 2 is 1.82 bits per heavy atom. The van der Waals surface area contributed by atoms with Crippen LogP contribution in [0.25, 0.3) is 0 Å². The lowest BCUT2D eigenvalue weighted by Gasteiger charge is -2.08. The van der Waals surface area contributed by atoms with E-state index in [-0.39, 0.29) is 0 Å². The second-order valence-electron chi connectivity index (χ2n) is 3.26. The zero-order valence-electron chi connectivity index (χ0n) is 6.81. The van der Waals surface area contributed by atoms with E-state index >= 15 is 0 Å². The highest BCUT2D eigenvalue weighted by Crippen LogP contribution is 2.36. The van der Waals surface area contributed by atoms with Gasteiger partial charge in [0.25, 0.3) is 0 Å². The molecular formula is C5H13O4PSi. The second-order valence-corrected chi connectivity index (χ2v) is 9.52. The Labute approximate surface area is 67.1 Å². The number of phosphoric ester groups is 1. The van der Waals surface area contributed by atoms with Crippen LogP contribution < -0.4 is 0 Å². The average Bonchev–Trinajstić information content (AvgIpc) is 1.55. The molecule has 4 nitrogen and oxygen atoms in total. The van der Waals surface area contributed by atoms with Gasteiger partial charge in [0.1, 0.15) is 0 Å². The molecule has 66 valence electrons. The lowest BCUT2D eigenvalue weighted by atomic mass is 11.2. The molecule has 0 aliphatic heterocycles. The molecule has 0 bridgehead atoms. The van der Waals surface area contributed by atoms with E-state index in [0.717, 1.165) is 6.26 Å². The summed E-state index contributed by atoms with van der Waals surface area (Å²) in [6.45, 7) is 6.10. The summed E-state index contributed by atoms with van der Waals surface area (Å²) < 4.78 is 14.3. The van der Waals surface area contributed by atoms with Crippen LogP contribution in [0.15, 0.2) is 12.0 Å². The lowest BCUT2D eigenvalue weighted by Crippen LogP contribution is -2.15. The summed E-state index contributed by atoms with van der Waals surface area (Å²) in [5, 5.41) is 0. The van der Waals surface area contributed by atoms with Crippen molar-refractivity contribution in [2.24, 2.45) is 0 Å². The highest BCUT2D eigenvalue weighted by Gasteiger charge is 2.13. The van der Waals surface area contributed by atoms with Crippen LogP contribution in [0.1, 0.15) is 0 Å². The maximum Gasteiger partial charge on any atom is 0.524 e. The van der Waals surface area contributed by atoms with Crippen LogP contribution in [0.3, 0.4) is 0 Å². The summed E-state index contributed by atoms with van der Waals surface area (Å²) >= 11 is 0. The zero-order valence-corrected chi connectivity index (χ0v) is 8.71. The molecule has 0 rings (SSSR count). The van der Waals surface area contributed by atoms with Crippen LogP contribution in [0.5, 0.6) is 0 Å². The molecule has 0 fully saturated rings. The van der Waals surface area contributed by atoms with E-state index in [1.807, 2.05) is 19.6 Å². The highest BCUT2D eigenvalue weighted by atomic mass is 31.2. The SMILES string of the molecule is C[Si](C)(C)C=COP(=O)(O)O. The molecule has 0 saturated heterocycles. The van der Waals surface area contributed by atoms with Gasteiger partial charge in [-0.25, -0.2) is 4.57 Å². The molecule has 6 heteroatoms. The zero-order chi connectivity index (χ0) is 9.12. The minimum atomic E-state index is -4.32. The Kier molecular flexibility index (Phi) is 3.51. The standard InChI is InChI=1S/C5H13O4PSi/c1-11(2,3)5-4-9-10(6,7)8/h4-5H,1-3H3,(H2,6,7,8). The maximum atomic E-state index is 10.2. The summed E-state index contributed by atoms with van der Waals surface area (Å²) in [7, 11) is -5.72. The predicted molar refractivity (Wildman–Crippen MR) is 45.6 cm³/mol. The number of hydrogen-bond acceptors (Lipinski definition) is 2. The van der Waals surface area contributed by atoms with Gasteiger partial charge in [-0.2, -0.15) is 0 Å². The van der Waals surface area contributed by atoms with Crippen molar-refractivity contribution in [1.82, 2.24) is 0 Å². The Morgan fingerprint density at radius 1 is 1.36 bits per heavy atom. The molecule has 0 saturated carbocycles. The predicted octanol–water partition coefficient (Wildman–Crippen LogP) is 1.49. The van der Waals surface area contributed by atoms with Crippen LogP contribution >= 0.6 is 7.82 Å². The third-order valence-electron chi connectivity index (χ3n) is 0.766. The first-order valence-corrected chi connectivity index (χ1v) is 8.23. The summed E-state index contributed by atoms with van der Waals surface area (Å²) in [6, 6.07) is 0. The molecule has 0 aromatic carbocycles. The second kappa shape index (κ2) is 3.54. The van der Waals surface area contributed by atoms with Gasteiger partial charge in [-0.1, -0.05) is 25.3 Å². The van der Waals surface area contributed by atoms with E-state index in [1.54, 1.807) is 5.70 Å². The summed E-state index contributed by atoms with van der Waals surface area (Å²) in [4.78, 5) is 16.5. The van der Waals surface area contributed by atoms with Crippen molar-refractivity contribution in [3.63, 3.8) is 0 Å². The van der Waals surface area contributed by atoms with Gasteiger partial charge in [0.2, 0.25) is 0 Å². The van der Waals surface area contributed by atoms with Crippen molar-refractivity contribution >= 4 is 15.9 Å². The number of phosphoric acid groups is 1. The van der Waals surface area contributed by atoms with E-state index in [9.17, 15) is 4.57 Å². The van der Waals surface area contributed by atoms with Gasteiger partial charge in [0.15, 0.2) is 0 Å². The molecule has 0 atom stereocenters. The largest absolute Gasteiger partial charge is 0.524 e. The first-order valence-electron chi connectivity index (χ1n) is 3.12. The first kappa shape index (κ1) is 10.9. The van der Waals surface area contributed by atoms with Crippen molar-refractivity contribution in [2.75, 3.05) is 0 Å². The Balaban J connectivity index is 3.90. The van der Waals surface area contributed by atoms with Gasteiger partial charge >= 0.3 is 7.82 Å². The van der Waals surface area contributed by atoms with Crippen molar-refractivity contribution in [3.05, 3.63) is 12.0 Å². The van der Waals surface area contributed by atoms with E-state index in [0.29, 0.717) is 0 Å². The fourth-order valence-corrected chi connectivity index (χ4v) is 1.12. The molecule has 0 heterocycles. The Bertz CT molecular complexity index is 189. The van der Waals surface area contributed by atoms with E-state index in [4.69, 9.17) is 9.79 Å². The fraction of sp³-hybridized carbons (Fsp3) is 0.600. The van der Waals surface area contributed by atoms with Gasteiger partial charge in [-0.05, 0) is 0 Å². The summed E-state index contributed by atoms with van der Waals surface area (Å²) in [6.07, 6.45) is 1.09. The molecule has 0 amide bonds. The molecule has 0 aromatic rings. The van der Waals surface area contributed by atoms with Crippen molar-refractivity contribution < 1.29 is 18.9 Å². The van der Waals surface area contributed by atoms with E-state index < -0.39 is 15.9 Å². The Hall–Kier alpha value is -0.0931. The van der Waals surface area contributed by atoms with Crippen LogP contribution in [0.2, 0.25) is 19.6 Å². The first-order chi connectivity index (χ1) is 4.71. The molecule has 0 aliphatic rings. The number of rotatable bonds is 3. The fourth-order valence-electron chi connectivity index (χ4n) is 0.314. The Morgan fingerprint density at radius 3 is 2.09 bits per heavy atom. The smallest absolute Gasteiger partial charge is 0.413 e. The van der Waals surface area contributed by atoms with Crippen molar-refractivity contribution in [1.29, 1.82) is 0 Å². The van der Waals surface area contributed by atoms with Crippen molar-refractivity contribution in [2.45, 2.75) is 19.6 Å². The van der Waals surface area contributed by atoms with Crippen molar-refractivity contribution in [3.8, 4) is 0 Å². The molecule has 0 spiro atoms.